The van der Waals surface area contributed by atoms with E-state index in [4.69, 9.17) is 11.6 Å². The van der Waals surface area contributed by atoms with Crippen molar-refractivity contribution in [3.8, 4) is 0 Å². The van der Waals surface area contributed by atoms with Gasteiger partial charge in [-0.1, -0.05) is 36.6 Å². The molecule has 6 nitrogen and oxygen atoms in total. The fraction of sp³-hybridized carbons (Fsp3) is 0.632. The van der Waals surface area contributed by atoms with Crippen LogP contribution in [0, 0.1) is 16.0 Å². The van der Waals surface area contributed by atoms with Crippen molar-refractivity contribution in [3.05, 3.63) is 38.9 Å². The quantitative estimate of drug-likeness (QED) is 0.588. The fourth-order valence-electron chi connectivity index (χ4n) is 4.45. The van der Waals surface area contributed by atoms with Crippen LogP contribution in [0.1, 0.15) is 45.1 Å². The Morgan fingerprint density at radius 3 is 2.42 bits per heavy atom. The summed E-state index contributed by atoms with van der Waals surface area (Å²) in [6.07, 6.45) is 4.35. The Bertz CT molecular complexity index is 679. The number of hydrogen-bond acceptors (Lipinski definition) is 4. The summed E-state index contributed by atoms with van der Waals surface area (Å²) in [4.78, 5) is 27.8. The van der Waals surface area contributed by atoms with Gasteiger partial charge in [0.1, 0.15) is 5.02 Å². The average molecular weight is 380 g/mol. The van der Waals surface area contributed by atoms with Gasteiger partial charge >= 0.3 is 0 Å². The molecule has 3 rings (SSSR count). The predicted octanol–water partition coefficient (Wildman–Crippen LogP) is 3.86. The lowest BCUT2D eigenvalue weighted by atomic mass is 10.0. The molecule has 1 aliphatic heterocycles. The van der Waals surface area contributed by atoms with Crippen LogP contribution in [0.3, 0.4) is 0 Å². The van der Waals surface area contributed by atoms with Crippen molar-refractivity contribution < 1.29 is 9.72 Å². The maximum atomic E-state index is 12.9. The lowest BCUT2D eigenvalue weighted by molar-refractivity contribution is -0.384. The number of carbonyl (C=O) groups is 1. The Morgan fingerprint density at radius 2 is 1.85 bits per heavy atom. The second-order valence-corrected chi connectivity index (χ2v) is 8.00. The van der Waals surface area contributed by atoms with Crippen LogP contribution in [-0.2, 0) is 11.3 Å². The summed E-state index contributed by atoms with van der Waals surface area (Å²) in [6, 6.07) is 5.19. The lowest BCUT2D eigenvalue weighted by Gasteiger charge is -2.45. The topological polar surface area (TPSA) is 66.7 Å². The first kappa shape index (κ1) is 19.1. The van der Waals surface area contributed by atoms with Gasteiger partial charge in [-0.15, -0.1) is 0 Å². The smallest absolute Gasteiger partial charge is 0.288 e. The Balaban J connectivity index is 1.69. The summed E-state index contributed by atoms with van der Waals surface area (Å²) >= 11 is 6.23. The number of piperazine rings is 1. The Morgan fingerprint density at radius 1 is 1.23 bits per heavy atom. The number of nitro benzene ring substituents is 1. The molecule has 1 aromatic rings. The van der Waals surface area contributed by atoms with Crippen molar-refractivity contribution in [2.75, 3.05) is 13.1 Å². The van der Waals surface area contributed by atoms with E-state index in [0.717, 1.165) is 44.3 Å². The van der Waals surface area contributed by atoms with Gasteiger partial charge < -0.3 is 4.90 Å². The molecule has 0 N–H and O–H groups in total. The number of rotatable bonds is 4. The minimum atomic E-state index is -0.449. The maximum Gasteiger partial charge on any atom is 0.288 e. The Hall–Kier alpha value is -1.66. The van der Waals surface area contributed by atoms with Crippen molar-refractivity contribution in [2.45, 2.75) is 58.2 Å². The molecule has 2 fully saturated rings. The molecule has 0 unspecified atom stereocenters. The number of hydrogen-bond donors (Lipinski definition) is 0. The van der Waals surface area contributed by atoms with E-state index < -0.39 is 4.92 Å². The third-order valence-electron chi connectivity index (χ3n) is 5.60. The number of amides is 1. The monoisotopic (exact) mass is 379 g/mol. The third kappa shape index (κ3) is 3.86. The zero-order chi connectivity index (χ0) is 18.8. The molecule has 7 heteroatoms. The van der Waals surface area contributed by atoms with Gasteiger partial charge in [0.15, 0.2) is 0 Å². The molecule has 142 valence electrons. The second-order valence-electron chi connectivity index (χ2n) is 7.63. The standard InChI is InChI=1S/C19H26ClN3O3/c1-13-10-21(12-16-8-5-9-17(18(16)20)23(25)26)11-14(2)22(13)19(24)15-6-3-4-7-15/h5,8-9,13-15H,3-4,6-7,10-12H2,1-2H3/t13-,14+. The van der Waals surface area contributed by atoms with E-state index in [1.807, 2.05) is 6.07 Å². The van der Waals surface area contributed by atoms with Crippen LogP contribution in [0.5, 0.6) is 0 Å². The summed E-state index contributed by atoms with van der Waals surface area (Å²) in [7, 11) is 0. The van der Waals surface area contributed by atoms with Crippen LogP contribution in [-0.4, -0.2) is 45.8 Å². The van der Waals surface area contributed by atoms with Crippen LogP contribution in [0.4, 0.5) is 5.69 Å². The molecule has 2 aliphatic rings. The first-order valence-electron chi connectivity index (χ1n) is 9.34. The van der Waals surface area contributed by atoms with E-state index in [-0.39, 0.29) is 28.7 Å². The van der Waals surface area contributed by atoms with Gasteiger partial charge in [0.2, 0.25) is 5.91 Å². The first-order chi connectivity index (χ1) is 12.4. The van der Waals surface area contributed by atoms with Crippen LogP contribution in [0.15, 0.2) is 18.2 Å². The van der Waals surface area contributed by atoms with Gasteiger partial charge in [0.25, 0.3) is 5.69 Å². The summed E-state index contributed by atoms with van der Waals surface area (Å²) in [6.45, 7) is 6.24. The average Bonchev–Trinajstić information content (AvgIpc) is 3.10. The molecule has 0 aromatic heterocycles. The van der Waals surface area contributed by atoms with Crippen LogP contribution in [0.25, 0.3) is 0 Å². The van der Waals surface area contributed by atoms with E-state index >= 15 is 0 Å². The van der Waals surface area contributed by atoms with Crippen molar-refractivity contribution in [1.29, 1.82) is 0 Å². The molecular weight excluding hydrogens is 354 g/mol. The van der Waals surface area contributed by atoms with Crippen molar-refractivity contribution in [1.82, 2.24) is 9.80 Å². The molecule has 0 bridgehead atoms. The van der Waals surface area contributed by atoms with Gasteiger partial charge in [-0.2, -0.15) is 0 Å². The van der Waals surface area contributed by atoms with Gasteiger partial charge in [-0.25, -0.2) is 0 Å². The highest BCUT2D eigenvalue weighted by molar-refractivity contribution is 6.33. The Kier molecular flexibility index (Phi) is 5.82. The molecule has 1 saturated heterocycles. The lowest BCUT2D eigenvalue weighted by Crippen LogP contribution is -2.59. The summed E-state index contributed by atoms with van der Waals surface area (Å²) in [5, 5.41) is 11.3. The molecule has 1 saturated carbocycles. The van der Waals surface area contributed by atoms with Crippen LogP contribution >= 0.6 is 11.6 Å². The van der Waals surface area contributed by atoms with Gasteiger partial charge in [-0.3, -0.25) is 19.8 Å². The number of nitro groups is 1. The molecule has 1 heterocycles. The third-order valence-corrected chi connectivity index (χ3v) is 6.04. The first-order valence-corrected chi connectivity index (χ1v) is 9.72. The predicted molar refractivity (Wildman–Crippen MR) is 101 cm³/mol. The summed E-state index contributed by atoms with van der Waals surface area (Å²) in [5.41, 5.74) is 0.705. The summed E-state index contributed by atoms with van der Waals surface area (Å²) < 4.78 is 0. The van der Waals surface area contributed by atoms with Gasteiger partial charge in [0, 0.05) is 43.7 Å². The zero-order valence-electron chi connectivity index (χ0n) is 15.4. The highest BCUT2D eigenvalue weighted by atomic mass is 35.5. The van der Waals surface area contributed by atoms with Crippen LogP contribution < -0.4 is 0 Å². The molecule has 1 aliphatic carbocycles. The molecular formula is C19H26ClN3O3. The number of halogens is 1. The highest BCUT2D eigenvalue weighted by Gasteiger charge is 2.37. The summed E-state index contributed by atoms with van der Waals surface area (Å²) in [5.74, 6) is 0.494. The van der Waals surface area contributed by atoms with E-state index in [1.54, 1.807) is 6.07 Å². The van der Waals surface area contributed by atoms with Crippen LogP contribution in [0.2, 0.25) is 5.02 Å². The SMILES string of the molecule is C[C@@H]1CN(Cc2cccc([N+](=O)[O-])c2Cl)C[C@H](C)N1C(=O)C1CCCC1. The molecule has 1 aromatic carbocycles. The zero-order valence-corrected chi connectivity index (χ0v) is 16.1. The number of carbonyl (C=O) groups excluding carboxylic acids is 1. The molecule has 1 amide bonds. The highest BCUT2D eigenvalue weighted by Crippen LogP contribution is 2.31. The normalized spacial score (nSPS) is 24.8. The minimum absolute atomic E-state index is 0.0553. The maximum absolute atomic E-state index is 12.9. The van der Waals surface area contributed by atoms with Crippen molar-refractivity contribution in [3.63, 3.8) is 0 Å². The van der Waals surface area contributed by atoms with Crippen molar-refractivity contribution >= 4 is 23.2 Å². The van der Waals surface area contributed by atoms with E-state index in [0.29, 0.717) is 12.5 Å². The van der Waals surface area contributed by atoms with E-state index in [2.05, 4.69) is 23.6 Å². The second kappa shape index (κ2) is 7.92. The number of benzene rings is 1. The number of nitrogens with zero attached hydrogens (tertiary/aromatic N) is 3. The Labute approximate surface area is 159 Å². The van der Waals surface area contributed by atoms with Gasteiger partial charge in [-0.05, 0) is 32.3 Å². The van der Waals surface area contributed by atoms with E-state index in [1.165, 1.54) is 6.07 Å². The minimum Gasteiger partial charge on any atom is -0.334 e. The van der Waals surface area contributed by atoms with E-state index in [9.17, 15) is 14.9 Å². The largest absolute Gasteiger partial charge is 0.334 e. The molecule has 26 heavy (non-hydrogen) atoms. The van der Waals surface area contributed by atoms with Gasteiger partial charge in [0.05, 0.1) is 4.92 Å². The fourth-order valence-corrected chi connectivity index (χ4v) is 4.70. The van der Waals surface area contributed by atoms with Crippen molar-refractivity contribution in [2.24, 2.45) is 5.92 Å². The molecule has 2 atom stereocenters. The molecule has 0 radical (unpaired) electrons. The molecule has 0 spiro atoms.